The van der Waals surface area contributed by atoms with Gasteiger partial charge in [0.2, 0.25) is 0 Å². The first kappa shape index (κ1) is 25.9. The molecule has 11 atom stereocenters. The molecule has 5 nitrogen and oxygen atoms in total. The van der Waals surface area contributed by atoms with Gasteiger partial charge in [-0.2, -0.15) is 0 Å². The third-order valence-electron chi connectivity index (χ3n) is 12.9. The molecule has 0 aliphatic heterocycles. The van der Waals surface area contributed by atoms with Gasteiger partial charge in [-0.05, 0) is 97.9 Å². The van der Waals surface area contributed by atoms with E-state index in [-0.39, 0.29) is 41.2 Å². The van der Waals surface area contributed by atoms with Crippen molar-refractivity contribution in [3.63, 3.8) is 0 Å². The van der Waals surface area contributed by atoms with Gasteiger partial charge in [-0.15, -0.1) is 0 Å². The Labute approximate surface area is 211 Å². The van der Waals surface area contributed by atoms with Gasteiger partial charge in [0, 0.05) is 16.7 Å². The Kier molecular flexibility index (Phi) is 6.01. The highest BCUT2D eigenvalue weighted by atomic mass is 16.3. The fourth-order valence-electron chi connectivity index (χ4n) is 10.9. The lowest BCUT2D eigenvalue weighted by Gasteiger charge is -2.64. The summed E-state index contributed by atoms with van der Waals surface area (Å²) in [6.07, 6.45) is 9.15. The largest absolute Gasteiger partial charge is 0.396 e. The van der Waals surface area contributed by atoms with E-state index < -0.39 is 23.0 Å². The van der Waals surface area contributed by atoms with Crippen LogP contribution < -0.4 is 0 Å². The number of aliphatic hydroxyl groups excluding tert-OH is 4. The molecule has 5 rings (SSSR count). The fourth-order valence-corrected chi connectivity index (χ4v) is 10.9. The second kappa shape index (κ2) is 8.12. The van der Waals surface area contributed by atoms with Gasteiger partial charge in [-0.3, -0.25) is 4.79 Å². The molecule has 4 N–H and O–H groups in total. The van der Waals surface area contributed by atoms with Crippen LogP contribution in [0.15, 0.2) is 11.6 Å². The van der Waals surface area contributed by atoms with Crippen LogP contribution >= 0.6 is 0 Å². The predicted molar refractivity (Wildman–Crippen MR) is 135 cm³/mol. The molecule has 5 aliphatic carbocycles. The number of ketones is 1. The first-order valence-electron chi connectivity index (χ1n) is 14.1. The van der Waals surface area contributed by atoms with Crippen molar-refractivity contribution in [3.05, 3.63) is 11.6 Å². The van der Waals surface area contributed by atoms with Crippen molar-refractivity contribution in [2.45, 2.75) is 105 Å². The normalized spacial score (nSPS) is 56.1. The summed E-state index contributed by atoms with van der Waals surface area (Å²) in [5.41, 5.74) is -0.0353. The first-order valence-corrected chi connectivity index (χ1v) is 14.1. The first-order chi connectivity index (χ1) is 16.3. The van der Waals surface area contributed by atoms with Crippen molar-refractivity contribution >= 4 is 5.78 Å². The maximum Gasteiger partial charge on any atom is 0.160 e. The third kappa shape index (κ3) is 3.30. The average Bonchev–Trinajstić information content (AvgIpc) is 2.96. The molecule has 5 aliphatic rings. The summed E-state index contributed by atoms with van der Waals surface area (Å²) in [6, 6.07) is 0. The molecule has 0 amide bonds. The lowest BCUT2D eigenvalue weighted by atomic mass is 9.42. The SMILES string of the molecule is CC12CCC3C(C)(CO)C(O)CCC3(C)C1CCC1C(=CC(=O)C3C(C)(CO)C(O)CCC13C)C2. The summed E-state index contributed by atoms with van der Waals surface area (Å²) in [5.74, 6) is 0.824. The Morgan fingerprint density at radius 2 is 1.37 bits per heavy atom. The number of carbonyl (C=O) groups is 1. The van der Waals surface area contributed by atoms with Crippen molar-refractivity contribution in [2.24, 2.45) is 50.7 Å². The van der Waals surface area contributed by atoms with Crippen molar-refractivity contribution in [1.82, 2.24) is 0 Å². The number of rotatable bonds is 2. The van der Waals surface area contributed by atoms with Gasteiger partial charge in [-0.25, -0.2) is 0 Å². The van der Waals surface area contributed by atoms with E-state index in [1.54, 1.807) is 0 Å². The van der Waals surface area contributed by atoms with E-state index in [0.717, 1.165) is 51.4 Å². The van der Waals surface area contributed by atoms with E-state index in [1.807, 2.05) is 13.0 Å². The van der Waals surface area contributed by atoms with Crippen LogP contribution in [0.4, 0.5) is 0 Å². The summed E-state index contributed by atoms with van der Waals surface area (Å²) in [5, 5.41) is 42.5. The molecule has 0 aromatic carbocycles. The van der Waals surface area contributed by atoms with Gasteiger partial charge in [0.05, 0.1) is 25.4 Å². The topological polar surface area (TPSA) is 98.0 Å². The molecule has 198 valence electrons. The van der Waals surface area contributed by atoms with Gasteiger partial charge in [-0.1, -0.05) is 40.2 Å². The number of hydrogen-bond acceptors (Lipinski definition) is 5. The van der Waals surface area contributed by atoms with Gasteiger partial charge in [0.15, 0.2) is 5.78 Å². The Bertz CT molecular complexity index is 914. The van der Waals surface area contributed by atoms with Crippen LogP contribution in [-0.4, -0.2) is 51.6 Å². The zero-order valence-electron chi connectivity index (χ0n) is 22.5. The molecule has 0 bridgehead atoms. The molecular formula is C30H48O5. The lowest BCUT2D eigenvalue weighted by molar-refractivity contribution is -0.189. The molecule has 0 heterocycles. The van der Waals surface area contributed by atoms with Gasteiger partial charge in [0.25, 0.3) is 0 Å². The van der Waals surface area contributed by atoms with E-state index in [0.29, 0.717) is 24.2 Å². The summed E-state index contributed by atoms with van der Waals surface area (Å²) >= 11 is 0. The molecule has 35 heavy (non-hydrogen) atoms. The van der Waals surface area contributed by atoms with Crippen LogP contribution in [0.3, 0.4) is 0 Å². The van der Waals surface area contributed by atoms with Crippen LogP contribution in [0.5, 0.6) is 0 Å². The van der Waals surface area contributed by atoms with E-state index in [4.69, 9.17) is 0 Å². The van der Waals surface area contributed by atoms with Gasteiger partial charge >= 0.3 is 0 Å². The summed E-state index contributed by atoms with van der Waals surface area (Å²) < 4.78 is 0. The Balaban J connectivity index is 1.54. The zero-order chi connectivity index (χ0) is 25.6. The number of carbonyl (C=O) groups excluding carboxylic acids is 1. The Morgan fingerprint density at radius 1 is 0.771 bits per heavy atom. The smallest absolute Gasteiger partial charge is 0.160 e. The van der Waals surface area contributed by atoms with Crippen LogP contribution in [0.25, 0.3) is 0 Å². The van der Waals surface area contributed by atoms with E-state index >= 15 is 0 Å². The minimum atomic E-state index is -0.797. The molecule has 4 saturated carbocycles. The molecule has 0 aromatic heterocycles. The molecular weight excluding hydrogens is 440 g/mol. The van der Waals surface area contributed by atoms with Crippen LogP contribution in [0, 0.1) is 50.7 Å². The summed E-state index contributed by atoms with van der Waals surface area (Å²) in [6.45, 7) is 11.0. The highest BCUT2D eigenvalue weighted by Crippen LogP contribution is 2.70. The minimum absolute atomic E-state index is 0.0297. The molecule has 11 unspecified atom stereocenters. The number of fused-ring (bicyclic) bond motifs is 6. The van der Waals surface area contributed by atoms with E-state index in [1.165, 1.54) is 5.57 Å². The number of allylic oxidation sites excluding steroid dienone is 2. The summed E-state index contributed by atoms with van der Waals surface area (Å²) in [4.78, 5) is 13.7. The van der Waals surface area contributed by atoms with E-state index in [9.17, 15) is 25.2 Å². The summed E-state index contributed by atoms with van der Waals surface area (Å²) in [7, 11) is 0. The molecule has 0 spiro atoms. The maximum atomic E-state index is 13.7. The van der Waals surface area contributed by atoms with Crippen LogP contribution in [0.2, 0.25) is 0 Å². The van der Waals surface area contributed by atoms with Gasteiger partial charge < -0.3 is 20.4 Å². The highest BCUT2D eigenvalue weighted by Gasteiger charge is 2.65. The minimum Gasteiger partial charge on any atom is -0.396 e. The van der Waals surface area contributed by atoms with Crippen molar-refractivity contribution < 1.29 is 25.2 Å². The zero-order valence-corrected chi connectivity index (χ0v) is 22.5. The van der Waals surface area contributed by atoms with Crippen LogP contribution in [-0.2, 0) is 4.79 Å². The lowest BCUT2D eigenvalue weighted by Crippen LogP contribution is -2.60. The Hall–Kier alpha value is -0.750. The highest BCUT2D eigenvalue weighted by molar-refractivity contribution is 5.95. The quantitative estimate of drug-likeness (QED) is 0.466. The molecule has 0 radical (unpaired) electrons. The molecule has 0 saturated heterocycles. The number of hydrogen-bond donors (Lipinski definition) is 4. The second-order valence-corrected chi connectivity index (χ2v) is 14.6. The molecule has 0 aromatic rings. The second-order valence-electron chi connectivity index (χ2n) is 14.6. The maximum absolute atomic E-state index is 13.7. The standard InChI is InChI=1S/C30H48O5/c1-26-11-8-22-28(3,13-10-23(34)29(22,4)16-31)21(26)7-6-19-18(15-26)14-20(33)25-27(19,2)12-9-24(35)30(25,5)17-32/h14,19,21-25,31-32,34-35H,6-13,15-17H2,1-5H3. The van der Waals surface area contributed by atoms with Crippen molar-refractivity contribution in [3.8, 4) is 0 Å². The third-order valence-corrected chi connectivity index (χ3v) is 12.9. The van der Waals surface area contributed by atoms with Gasteiger partial charge in [0.1, 0.15) is 0 Å². The molecule has 4 fully saturated rings. The predicted octanol–water partition coefficient (Wildman–Crippen LogP) is 4.26. The number of aliphatic hydroxyl groups is 4. The fraction of sp³-hybridized carbons (Fsp3) is 0.900. The van der Waals surface area contributed by atoms with Crippen molar-refractivity contribution in [2.75, 3.05) is 13.2 Å². The monoisotopic (exact) mass is 488 g/mol. The molecule has 5 heteroatoms. The average molecular weight is 489 g/mol. The van der Waals surface area contributed by atoms with E-state index in [2.05, 4.69) is 27.7 Å². The Morgan fingerprint density at radius 3 is 2.00 bits per heavy atom. The van der Waals surface area contributed by atoms with Crippen LogP contribution in [0.1, 0.15) is 92.4 Å². The van der Waals surface area contributed by atoms with Crippen molar-refractivity contribution in [1.29, 1.82) is 0 Å².